The molecule has 2 nitrogen and oxygen atoms in total. The predicted molar refractivity (Wildman–Crippen MR) is 69.6 cm³/mol. The van der Waals surface area contributed by atoms with Gasteiger partial charge in [0.15, 0.2) is 0 Å². The highest BCUT2D eigenvalue weighted by molar-refractivity contribution is 4.97. The third-order valence-corrected chi connectivity index (χ3v) is 4.47. The molecule has 2 heteroatoms. The van der Waals surface area contributed by atoms with Gasteiger partial charge in [0.05, 0.1) is 0 Å². The van der Waals surface area contributed by atoms with Gasteiger partial charge in [-0.15, -0.1) is 0 Å². The third kappa shape index (κ3) is 2.78. The Balaban J connectivity index is 1.67. The Morgan fingerprint density at radius 2 is 2.12 bits per heavy atom. The van der Waals surface area contributed by atoms with Gasteiger partial charge in [0.25, 0.3) is 0 Å². The predicted octanol–water partition coefficient (Wildman–Crippen LogP) is 2.50. The first-order valence-electron chi connectivity index (χ1n) is 7.06. The van der Waals surface area contributed by atoms with Crippen molar-refractivity contribution in [3.05, 3.63) is 0 Å². The number of hydrogen-bond acceptors (Lipinski definition) is 2. The number of likely N-dealkylation sites (tertiary alicyclic amines) is 1. The summed E-state index contributed by atoms with van der Waals surface area (Å²) < 4.78 is 0. The maximum atomic E-state index is 3.61. The zero-order chi connectivity index (χ0) is 11.6. The smallest absolute Gasteiger partial charge is 0.0181 e. The van der Waals surface area contributed by atoms with Gasteiger partial charge in [0, 0.05) is 12.1 Å². The summed E-state index contributed by atoms with van der Waals surface area (Å²) in [6, 6.07) is 0. The van der Waals surface area contributed by atoms with Crippen LogP contribution in [0.5, 0.6) is 0 Å². The number of nitrogens with zero attached hydrogens (tertiary/aromatic N) is 1. The number of nitrogens with one attached hydrogen (secondary N) is 1. The maximum Gasteiger partial charge on any atom is 0.0181 e. The largest absolute Gasteiger partial charge is 0.316 e. The summed E-state index contributed by atoms with van der Waals surface area (Å²) in [5.74, 6) is 1.68. The molecule has 1 heterocycles. The topological polar surface area (TPSA) is 15.3 Å². The molecule has 1 aliphatic carbocycles. The maximum absolute atomic E-state index is 3.61. The number of rotatable bonds is 5. The minimum Gasteiger partial charge on any atom is -0.316 e. The van der Waals surface area contributed by atoms with Crippen LogP contribution in [-0.2, 0) is 0 Å². The van der Waals surface area contributed by atoms with E-state index in [2.05, 4.69) is 31.0 Å². The first-order valence-corrected chi connectivity index (χ1v) is 7.06. The molecular formula is C14H28N2. The second kappa shape index (κ2) is 5.05. The molecule has 2 fully saturated rings. The molecule has 0 bridgehead atoms. The van der Waals surface area contributed by atoms with Gasteiger partial charge in [-0.2, -0.15) is 0 Å². The van der Waals surface area contributed by atoms with Crippen LogP contribution in [0.2, 0.25) is 0 Å². The van der Waals surface area contributed by atoms with E-state index in [1.165, 1.54) is 51.9 Å². The van der Waals surface area contributed by atoms with Crippen molar-refractivity contribution in [3.8, 4) is 0 Å². The summed E-state index contributed by atoms with van der Waals surface area (Å²) in [6.45, 7) is 12.1. The molecule has 2 aliphatic rings. The molecule has 1 aliphatic heterocycles. The average molecular weight is 224 g/mol. The fourth-order valence-electron chi connectivity index (χ4n) is 3.07. The lowest BCUT2D eigenvalue weighted by atomic mass is 9.77. The molecule has 1 N–H and O–H groups in total. The van der Waals surface area contributed by atoms with Crippen LogP contribution >= 0.6 is 0 Å². The summed E-state index contributed by atoms with van der Waals surface area (Å²) >= 11 is 0. The van der Waals surface area contributed by atoms with E-state index >= 15 is 0 Å². The Labute approximate surface area is 101 Å². The van der Waals surface area contributed by atoms with E-state index in [1.54, 1.807) is 0 Å². The second-order valence-electron chi connectivity index (χ2n) is 6.50. The van der Waals surface area contributed by atoms with Crippen molar-refractivity contribution >= 4 is 0 Å². The zero-order valence-electron chi connectivity index (χ0n) is 11.3. The molecule has 1 saturated carbocycles. The molecule has 2 rings (SSSR count). The van der Waals surface area contributed by atoms with Crippen LogP contribution < -0.4 is 5.32 Å². The summed E-state index contributed by atoms with van der Waals surface area (Å²) in [4.78, 5) is 2.75. The van der Waals surface area contributed by atoms with Crippen LogP contribution in [0.1, 0.15) is 46.5 Å². The van der Waals surface area contributed by atoms with E-state index in [4.69, 9.17) is 0 Å². The minimum atomic E-state index is 0.576. The standard InChI is InChI=1S/C14H28N2/c1-12(2)9-15-10-13-5-8-16(11-13)14(3)6-4-7-14/h12-13,15H,4-11H2,1-3H3. The molecule has 1 unspecified atom stereocenters. The van der Waals surface area contributed by atoms with Gasteiger partial charge in [-0.25, -0.2) is 0 Å². The van der Waals surface area contributed by atoms with Crippen LogP contribution in [0.3, 0.4) is 0 Å². The van der Waals surface area contributed by atoms with Crippen molar-refractivity contribution in [2.45, 2.75) is 52.0 Å². The molecule has 0 amide bonds. The SMILES string of the molecule is CC(C)CNCC1CCN(C2(C)CCC2)C1. The van der Waals surface area contributed by atoms with Crippen molar-refractivity contribution in [1.82, 2.24) is 10.2 Å². The highest BCUT2D eigenvalue weighted by Crippen LogP contribution is 2.39. The second-order valence-corrected chi connectivity index (χ2v) is 6.50. The minimum absolute atomic E-state index is 0.576. The molecule has 0 aromatic carbocycles. The molecule has 1 saturated heterocycles. The lowest BCUT2D eigenvalue weighted by molar-refractivity contribution is 0.0508. The van der Waals surface area contributed by atoms with Crippen LogP contribution in [0.25, 0.3) is 0 Å². The van der Waals surface area contributed by atoms with Crippen LogP contribution in [-0.4, -0.2) is 36.6 Å². The molecule has 0 spiro atoms. The van der Waals surface area contributed by atoms with E-state index in [1.807, 2.05) is 0 Å². The lowest BCUT2D eigenvalue weighted by Crippen LogP contribution is -2.50. The Morgan fingerprint density at radius 1 is 1.38 bits per heavy atom. The van der Waals surface area contributed by atoms with E-state index in [0.29, 0.717) is 5.54 Å². The van der Waals surface area contributed by atoms with Crippen molar-refractivity contribution in [3.63, 3.8) is 0 Å². The Bertz CT molecular complexity index is 221. The molecule has 16 heavy (non-hydrogen) atoms. The molecule has 0 radical (unpaired) electrons. The summed E-state index contributed by atoms with van der Waals surface area (Å²) in [6.07, 6.45) is 5.71. The zero-order valence-corrected chi connectivity index (χ0v) is 11.3. The van der Waals surface area contributed by atoms with Crippen molar-refractivity contribution < 1.29 is 0 Å². The van der Waals surface area contributed by atoms with E-state index in [-0.39, 0.29) is 0 Å². The van der Waals surface area contributed by atoms with Crippen LogP contribution in [0, 0.1) is 11.8 Å². The molecule has 94 valence electrons. The summed E-state index contributed by atoms with van der Waals surface area (Å²) in [5, 5.41) is 3.61. The highest BCUT2D eigenvalue weighted by atomic mass is 15.2. The van der Waals surface area contributed by atoms with E-state index in [0.717, 1.165) is 11.8 Å². The van der Waals surface area contributed by atoms with Gasteiger partial charge in [-0.05, 0) is 64.1 Å². The molecule has 0 aromatic rings. The van der Waals surface area contributed by atoms with E-state index < -0.39 is 0 Å². The third-order valence-electron chi connectivity index (χ3n) is 4.47. The van der Waals surface area contributed by atoms with Gasteiger partial charge in [0.1, 0.15) is 0 Å². The highest BCUT2D eigenvalue weighted by Gasteiger charge is 2.40. The van der Waals surface area contributed by atoms with Gasteiger partial charge < -0.3 is 5.32 Å². The quantitative estimate of drug-likeness (QED) is 0.772. The summed E-state index contributed by atoms with van der Waals surface area (Å²) in [7, 11) is 0. The number of hydrogen-bond donors (Lipinski definition) is 1. The molecular weight excluding hydrogens is 196 g/mol. The van der Waals surface area contributed by atoms with Crippen LogP contribution in [0.15, 0.2) is 0 Å². The van der Waals surface area contributed by atoms with Gasteiger partial charge in [-0.3, -0.25) is 4.90 Å². The first-order chi connectivity index (χ1) is 7.60. The fourth-order valence-corrected chi connectivity index (χ4v) is 3.07. The Kier molecular flexibility index (Phi) is 3.91. The molecule has 0 aromatic heterocycles. The average Bonchev–Trinajstić information content (AvgIpc) is 2.62. The van der Waals surface area contributed by atoms with E-state index in [9.17, 15) is 0 Å². The van der Waals surface area contributed by atoms with Gasteiger partial charge >= 0.3 is 0 Å². The lowest BCUT2D eigenvalue weighted by Gasteiger charge is -2.46. The van der Waals surface area contributed by atoms with Crippen molar-refractivity contribution in [2.75, 3.05) is 26.2 Å². The fraction of sp³-hybridized carbons (Fsp3) is 1.00. The van der Waals surface area contributed by atoms with Crippen molar-refractivity contribution in [2.24, 2.45) is 11.8 Å². The normalized spacial score (nSPS) is 29.6. The van der Waals surface area contributed by atoms with Gasteiger partial charge in [0.2, 0.25) is 0 Å². The first kappa shape index (κ1) is 12.4. The Hall–Kier alpha value is -0.0800. The van der Waals surface area contributed by atoms with Gasteiger partial charge in [-0.1, -0.05) is 13.8 Å². The van der Waals surface area contributed by atoms with Crippen molar-refractivity contribution in [1.29, 1.82) is 0 Å². The Morgan fingerprint density at radius 3 is 2.69 bits per heavy atom. The van der Waals surface area contributed by atoms with Crippen LogP contribution in [0.4, 0.5) is 0 Å². The summed E-state index contributed by atoms with van der Waals surface area (Å²) in [5.41, 5.74) is 0.576. The monoisotopic (exact) mass is 224 g/mol. The molecule has 1 atom stereocenters.